The van der Waals surface area contributed by atoms with Gasteiger partial charge in [-0.1, -0.05) is 51.9 Å². The van der Waals surface area contributed by atoms with E-state index in [4.69, 9.17) is 0 Å². The Kier molecular flexibility index (Phi) is 6.34. The monoisotopic (exact) mass is 281 g/mol. The largest absolute Gasteiger partial charge is 0.480 e. The molecule has 2 rings (SSSR count). The molecule has 2 fully saturated rings. The molecule has 0 radical (unpaired) electrons. The summed E-state index contributed by atoms with van der Waals surface area (Å²) in [5.41, 5.74) is 0. The molecular weight excluding hydrogens is 250 g/mol. The van der Waals surface area contributed by atoms with Gasteiger partial charge in [0.15, 0.2) is 0 Å². The average molecular weight is 281 g/mol. The molecule has 3 unspecified atom stereocenters. The van der Waals surface area contributed by atoms with Gasteiger partial charge >= 0.3 is 5.97 Å². The van der Waals surface area contributed by atoms with E-state index in [-0.39, 0.29) is 6.04 Å². The van der Waals surface area contributed by atoms with Gasteiger partial charge in [-0.05, 0) is 38.1 Å². The topological polar surface area (TPSA) is 40.5 Å². The first-order valence-electron chi connectivity index (χ1n) is 8.72. The third kappa shape index (κ3) is 3.97. The van der Waals surface area contributed by atoms with Crippen LogP contribution in [0.1, 0.15) is 77.6 Å². The SMILES string of the molecule is CCCCCCCCN1C(C(=O)O)CC2CCCCC21. The maximum absolute atomic E-state index is 11.5. The first-order chi connectivity index (χ1) is 9.74. The summed E-state index contributed by atoms with van der Waals surface area (Å²) < 4.78 is 0. The zero-order valence-electron chi connectivity index (χ0n) is 13.0. The molecule has 0 aromatic carbocycles. The molecule has 1 saturated heterocycles. The summed E-state index contributed by atoms with van der Waals surface area (Å²) in [5, 5.41) is 9.46. The van der Waals surface area contributed by atoms with Gasteiger partial charge in [0.1, 0.15) is 6.04 Å². The zero-order chi connectivity index (χ0) is 14.4. The van der Waals surface area contributed by atoms with Crippen molar-refractivity contribution in [3.63, 3.8) is 0 Å². The molecule has 1 aliphatic heterocycles. The van der Waals surface area contributed by atoms with Crippen LogP contribution in [0.3, 0.4) is 0 Å². The van der Waals surface area contributed by atoms with Gasteiger partial charge in [0, 0.05) is 6.04 Å². The lowest BCUT2D eigenvalue weighted by Crippen LogP contribution is -2.42. The molecule has 1 saturated carbocycles. The molecule has 0 aromatic heterocycles. The van der Waals surface area contributed by atoms with Crippen LogP contribution < -0.4 is 0 Å². The van der Waals surface area contributed by atoms with Crippen LogP contribution in [0.25, 0.3) is 0 Å². The van der Waals surface area contributed by atoms with Crippen molar-refractivity contribution < 1.29 is 9.90 Å². The van der Waals surface area contributed by atoms with E-state index in [2.05, 4.69) is 11.8 Å². The molecule has 3 nitrogen and oxygen atoms in total. The highest BCUT2D eigenvalue weighted by Gasteiger charge is 2.44. The van der Waals surface area contributed by atoms with E-state index < -0.39 is 5.97 Å². The van der Waals surface area contributed by atoms with Crippen molar-refractivity contribution in [2.24, 2.45) is 5.92 Å². The Morgan fingerprint density at radius 3 is 2.55 bits per heavy atom. The molecule has 2 aliphatic rings. The number of carbonyl (C=O) groups is 1. The maximum Gasteiger partial charge on any atom is 0.320 e. The third-order valence-corrected chi connectivity index (χ3v) is 5.28. The molecule has 3 heteroatoms. The Morgan fingerprint density at radius 1 is 1.10 bits per heavy atom. The molecule has 0 bridgehead atoms. The Bertz CT molecular complexity index is 305. The third-order valence-electron chi connectivity index (χ3n) is 5.28. The van der Waals surface area contributed by atoms with E-state index in [0.717, 1.165) is 13.0 Å². The lowest BCUT2D eigenvalue weighted by atomic mass is 9.85. The first-order valence-corrected chi connectivity index (χ1v) is 8.72. The number of hydrogen-bond acceptors (Lipinski definition) is 2. The Labute approximate surface area is 123 Å². The van der Waals surface area contributed by atoms with E-state index in [1.165, 1.54) is 64.2 Å². The molecule has 1 N–H and O–H groups in total. The second-order valence-electron chi connectivity index (χ2n) is 6.71. The van der Waals surface area contributed by atoms with Gasteiger partial charge in [0.2, 0.25) is 0 Å². The van der Waals surface area contributed by atoms with Gasteiger partial charge in [0.25, 0.3) is 0 Å². The minimum absolute atomic E-state index is 0.196. The number of unbranched alkanes of at least 4 members (excludes halogenated alkanes) is 5. The molecule has 1 heterocycles. The summed E-state index contributed by atoms with van der Waals surface area (Å²) in [6, 6.07) is 0.374. The summed E-state index contributed by atoms with van der Waals surface area (Å²) in [5.74, 6) is 0.0651. The minimum atomic E-state index is -0.592. The van der Waals surface area contributed by atoms with Crippen molar-refractivity contribution in [3.05, 3.63) is 0 Å². The number of hydrogen-bond donors (Lipinski definition) is 1. The number of carboxylic acid groups (broad SMARTS) is 1. The molecular formula is C17H31NO2. The summed E-state index contributed by atoms with van der Waals surface area (Å²) in [4.78, 5) is 13.8. The summed E-state index contributed by atoms with van der Waals surface area (Å²) in [6.07, 6.45) is 13.7. The van der Waals surface area contributed by atoms with E-state index in [9.17, 15) is 9.90 Å². The Hall–Kier alpha value is -0.570. The van der Waals surface area contributed by atoms with Gasteiger partial charge in [0.05, 0.1) is 0 Å². The van der Waals surface area contributed by atoms with Crippen molar-refractivity contribution in [2.75, 3.05) is 6.54 Å². The van der Waals surface area contributed by atoms with Crippen molar-refractivity contribution >= 4 is 5.97 Å². The van der Waals surface area contributed by atoms with Crippen LogP contribution in [-0.4, -0.2) is 34.6 Å². The molecule has 0 aromatic rings. The molecule has 1 aliphatic carbocycles. The van der Waals surface area contributed by atoms with Crippen molar-refractivity contribution in [3.8, 4) is 0 Å². The van der Waals surface area contributed by atoms with Crippen LogP contribution in [0.2, 0.25) is 0 Å². The zero-order valence-corrected chi connectivity index (χ0v) is 13.0. The van der Waals surface area contributed by atoms with E-state index in [1.54, 1.807) is 0 Å². The molecule has 0 spiro atoms. The standard InChI is InChI=1S/C17H31NO2/c1-2-3-4-5-6-9-12-18-15-11-8-7-10-14(15)13-16(18)17(19)20/h14-16H,2-13H2,1H3,(H,19,20). The first kappa shape index (κ1) is 15.8. The Morgan fingerprint density at radius 2 is 1.80 bits per heavy atom. The van der Waals surface area contributed by atoms with Crippen LogP contribution in [0.15, 0.2) is 0 Å². The highest BCUT2D eigenvalue weighted by molar-refractivity contribution is 5.74. The number of carboxylic acids is 1. The normalized spacial score (nSPS) is 30.4. The van der Waals surface area contributed by atoms with Crippen LogP contribution in [0, 0.1) is 5.92 Å². The number of rotatable bonds is 8. The van der Waals surface area contributed by atoms with Crippen molar-refractivity contribution in [1.82, 2.24) is 4.90 Å². The fraction of sp³-hybridized carbons (Fsp3) is 0.941. The minimum Gasteiger partial charge on any atom is -0.480 e. The number of aliphatic carboxylic acids is 1. The van der Waals surface area contributed by atoms with E-state index in [1.807, 2.05) is 0 Å². The Balaban J connectivity index is 1.78. The summed E-state index contributed by atoms with van der Waals surface area (Å²) in [7, 11) is 0. The fourth-order valence-corrected chi connectivity index (χ4v) is 4.19. The van der Waals surface area contributed by atoms with Crippen molar-refractivity contribution in [1.29, 1.82) is 0 Å². The second kappa shape index (κ2) is 8.02. The second-order valence-corrected chi connectivity index (χ2v) is 6.71. The highest BCUT2D eigenvalue weighted by Crippen LogP contribution is 2.39. The van der Waals surface area contributed by atoms with Crippen LogP contribution in [-0.2, 0) is 4.79 Å². The number of nitrogens with zero attached hydrogens (tertiary/aromatic N) is 1. The molecule has 116 valence electrons. The lowest BCUT2D eigenvalue weighted by molar-refractivity contribution is -0.142. The van der Waals surface area contributed by atoms with Crippen LogP contribution in [0.4, 0.5) is 0 Å². The smallest absolute Gasteiger partial charge is 0.320 e. The average Bonchev–Trinajstić information content (AvgIpc) is 2.82. The summed E-state index contributed by atoms with van der Waals surface area (Å²) >= 11 is 0. The summed E-state index contributed by atoms with van der Waals surface area (Å²) in [6.45, 7) is 3.25. The van der Waals surface area contributed by atoms with E-state index in [0.29, 0.717) is 12.0 Å². The maximum atomic E-state index is 11.5. The molecule has 3 atom stereocenters. The van der Waals surface area contributed by atoms with Gasteiger partial charge in [-0.15, -0.1) is 0 Å². The van der Waals surface area contributed by atoms with Gasteiger partial charge in [-0.25, -0.2) is 0 Å². The van der Waals surface area contributed by atoms with Crippen molar-refractivity contribution in [2.45, 2.75) is 89.6 Å². The molecule has 20 heavy (non-hydrogen) atoms. The lowest BCUT2D eigenvalue weighted by Gasteiger charge is -2.33. The quantitative estimate of drug-likeness (QED) is 0.682. The molecule has 0 amide bonds. The van der Waals surface area contributed by atoms with Crippen LogP contribution >= 0.6 is 0 Å². The predicted molar refractivity (Wildman–Crippen MR) is 81.9 cm³/mol. The predicted octanol–water partition coefficient (Wildman–Crippen LogP) is 4.06. The fourth-order valence-electron chi connectivity index (χ4n) is 4.19. The van der Waals surface area contributed by atoms with Gasteiger partial charge < -0.3 is 5.11 Å². The highest BCUT2D eigenvalue weighted by atomic mass is 16.4. The van der Waals surface area contributed by atoms with Gasteiger partial charge in [-0.2, -0.15) is 0 Å². The van der Waals surface area contributed by atoms with E-state index >= 15 is 0 Å². The number of fused-ring (bicyclic) bond motifs is 1. The van der Waals surface area contributed by atoms with Crippen LogP contribution in [0.5, 0.6) is 0 Å². The number of likely N-dealkylation sites (tertiary alicyclic amines) is 1. The van der Waals surface area contributed by atoms with Gasteiger partial charge in [-0.3, -0.25) is 9.69 Å².